The highest BCUT2D eigenvalue weighted by atomic mass is 16.5. The second kappa shape index (κ2) is 10.1. The zero-order chi connectivity index (χ0) is 22.3. The molecule has 1 aromatic heterocycles. The lowest BCUT2D eigenvalue weighted by Crippen LogP contribution is -2.33. The maximum atomic E-state index is 12.4. The molecule has 31 heavy (non-hydrogen) atoms. The van der Waals surface area contributed by atoms with E-state index < -0.39 is 0 Å². The van der Waals surface area contributed by atoms with E-state index in [1.807, 2.05) is 36.9 Å². The standard InChI is InChI=1S/C24H29N5O2/c1-4-29(22-10-9-19(15-25)17-26-22)18(2)16-27-23(30)11-14-28-24(12-13-24)20-7-5-6-8-21(20)31-3/h5-10,16-17,28H,4,11-14H2,1-3H3,(H,27,30)/b18-16+. The first-order chi connectivity index (χ1) is 15.0. The molecule has 1 fully saturated rings. The molecule has 162 valence electrons. The molecule has 2 N–H and O–H groups in total. The number of carbonyl (C=O) groups excluding carboxylic acids is 1. The van der Waals surface area contributed by atoms with Crippen molar-refractivity contribution in [1.82, 2.24) is 15.6 Å². The van der Waals surface area contributed by atoms with Crippen LogP contribution in [0.3, 0.4) is 0 Å². The number of anilines is 1. The number of hydrogen-bond donors (Lipinski definition) is 2. The number of nitrogens with zero attached hydrogens (tertiary/aromatic N) is 3. The minimum absolute atomic E-state index is 0.0495. The third-order valence-electron chi connectivity index (χ3n) is 5.53. The Labute approximate surface area is 183 Å². The van der Waals surface area contributed by atoms with Crippen LogP contribution in [0.2, 0.25) is 0 Å². The van der Waals surface area contributed by atoms with Gasteiger partial charge in [-0.05, 0) is 44.9 Å². The van der Waals surface area contributed by atoms with Gasteiger partial charge in [-0.3, -0.25) is 4.79 Å². The molecule has 0 aliphatic heterocycles. The maximum absolute atomic E-state index is 12.4. The molecule has 3 rings (SSSR count). The Morgan fingerprint density at radius 1 is 1.32 bits per heavy atom. The van der Waals surface area contributed by atoms with E-state index in [0.717, 1.165) is 35.7 Å². The van der Waals surface area contributed by atoms with E-state index >= 15 is 0 Å². The Morgan fingerprint density at radius 3 is 2.71 bits per heavy atom. The Bertz CT molecular complexity index is 974. The minimum Gasteiger partial charge on any atom is -0.496 e. The molecule has 1 amide bonds. The number of carbonyl (C=O) groups is 1. The number of amides is 1. The highest BCUT2D eigenvalue weighted by molar-refractivity contribution is 5.77. The second-order valence-electron chi connectivity index (χ2n) is 7.57. The SMILES string of the molecule is CCN(/C(C)=C/NC(=O)CCNC1(c2ccccc2OC)CC1)c1ccc(C#N)cn1. The molecule has 1 heterocycles. The largest absolute Gasteiger partial charge is 0.496 e. The van der Waals surface area contributed by atoms with Gasteiger partial charge < -0.3 is 20.3 Å². The normalized spacial score (nSPS) is 14.5. The first-order valence-electron chi connectivity index (χ1n) is 10.5. The molecule has 7 nitrogen and oxygen atoms in total. The average Bonchev–Trinajstić information content (AvgIpc) is 3.59. The van der Waals surface area contributed by atoms with E-state index in [-0.39, 0.29) is 11.4 Å². The molecule has 0 atom stereocenters. The smallest absolute Gasteiger partial charge is 0.225 e. The van der Waals surface area contributed by atoms with Crippen molar-refractivity contribution in [3.8, 4) is 11.8 Å². The second-order valence-corrected chi connectivity index (χ2v) is 7.57. The van der Waals surface area contributed by atoms with E-state index in [1.165, 1.54) is 0 Å². The number of hydrogen-bond acceptors (Lipinski definition) is 6. The van der Waals surface area contributed by atoms with Crippen LogP contribution in [0, 0.1) is 11.3 Å². The summed E-state index contributed by atoms with van der Waals surface area (Å²) in [5.41, 5.74) is 2.46. The van der Waals surface area contributed by atoms with Crippen LogP contribution in [-0.2, 0) is 10.3 Å². The lowest BCUT2D eigenvalue weighted by Gasteiger charge is -2.22. The van der Waals surface area contributed by atoms with Crippen molar-refractivity contribution >= 4 is 11.7 Å². The third kappa shape index (κ3) is 5.41. The molecule has 7 heteroatoms. The fourth-order valence-electron chi connectivity index (χ4n) is 3.66. The van der Waals surface area contributed by atoms with Gasteiger partial charge >= 0.3 is 0 Å². The Balaban J connectivity index is 1.52. The van der Waals surface area contributed by atoms with Gasteiger partial charge in [0.25, 0.3) is 0 Å². The molecular formula is C24H29N5O2. The van der Waals surface area contributed by atoms with E-state index in [1.54, 1.807) is 31.6 Å². The predicted molar refractivity (Wildman–Crippen MR) is 120 cm³/mol. The van der Waals surface area contributed by atoms with Crippen LogP contribution >= 0.6 is 0 Å². The predicted octanol–water partition coefficient (Wildman–Crippen LogP) is 3.43. The first-order valence-corrected chi connectivity index (χ1v) is 10.5. The van der Waals surface area contributed by atoms with Crippen LogP contribution in [0.4, 0.5) is 5.82 Å². The van der Waals surface area contributed by atoms with Crippen molar-refractivity contribution in [2.75, 3.05) is 25.1 Å². The van der Waals surface area contributed by atoms with Gasteiger partial charge in [0.2, 0.25) is 5.91 Å². The first kappa shape index (κ1) is 22.3. The molecule has 0 spiro atoms. The van der Waals surface area contributed by atoms with Crippen molar-refractivity contribution in [2.45, 2.75) is 38.6 Å². The van der Waals surface area contributed by atoms with Crippen LogP contribution in [-0.4, -0.2) is 31.1 Å². The van der Waals surface area contributed by atoms with Gasteiger partial charge in [-0.25, -0.2) is 4.98 Å². The zero-order valence-corrected chi connectivity index (χ0v) is 18.3. The van der Waals surface area contributed by atoms with Crippen molar-refractivity contribution in [3.63, 3.8) is 0 Å². The van der Waals surface area contributed by atoms with E-state index in [4.69, 9.17) is 10.00 Å². The number of allylic oxidation sites excluding steroid dienone is 1. The van der Waals surface area contributed by atoms with Crippen molar-refractivity contribution in [1.29, 1.82) is 5.26 Å². The number of benzene rings is 1. The number of nitriles is 1. The maximum Gasteiger partial charge on any atom is 0.225 e. The number of pyridine rings is 1. The van der Waals surface area contributed by atoms with Crippen molar-refractivity contribution in [2.24, 2.45) is 0 Å². The van der Waals surface area contributed by atoms with Crippen LogP contribution < -0.4 is 20.3 Å². The third-order valence-corrected chi connectivity index (χ3v) is 5.53. The lowest BCUT2D eigenvalue weighted by molar-refractivity contribution is -0.120. The fraction of sp³-hybridized carbons (Fsp3) is 0.375. The number of methoxy groups -OCH3 is 1. The van der Waals surface area contributed by atoms with Crippen LogP contribution in [0.15, 0.2) is 54.5 Å². The molecule has 1 saturated carbocycles. The molecular weight excluding hydrogens is 390 g/mol. The molecule has 1 aromatic carbocycles. The van der Waals surface area contributed by atoms with Gasteiger partial charge in [-0.1, -0.05) is 18.2 Å². The van der Waals surface area contributed by atoms with Crippen molar-refractivity contribution < 1.29 is 9.53 Å². The summed E-state index contributed by atoms with van der Waals surface area (Å²) >= 11 is 0. The zero-order valence-electron chi connectivity index (χ0n) is 18.3. The Hall–Kier alpha value is -3.37. The summed E-state index contributed by atoms with van der Waals surface area (Å²) in [5.74, 6) is 1.57. The fourth-order valence-corrected chi connectivity index (χ4v) is 3.66. The summed E-state index contributed by atoms with van der Waals surface area (Å²) < 4.78 is 5.49. The highest BCUT2D eigenvalue weighted by Gasteiger charge is 2.45. The summed E-state index contributed by atoms with van der Waals surface area (Å²) in [6.45, 7) is 5.21. The summed E-state index contributed by atoms with van der Waals surface area (Å²) in [7, 11) is 1.68. The molecule has 1 aliphatic carbocycles. The van der Waals surface area contributed by atoms with Crippen molar-refractivity contribution in [3.05, 3.63) is 65.6 Å². The van der Waals surface area contributed by atoms with Gasteiger partial charge in [-0.2, -0.15) is 5.26 Å². The molecule has 2 aromatic rings. The summed E-state index contributed by atoms with van der Waals surface area (Å²) in [4.78, 5) is 18.7. The number of nitrogens with one attached hydrogen (secondary N) is 2. The molecule has 1 aliphatic rings. The number of para-hydroxylation sites is 1. The number of ether oxygens (including phenoxy) is 1. The molecule has 0 radical (unpaired) electrons. The van der Waals surface area contributed by atoms with Crippen LogP contribution in [0.5, 0.6) is 5.75 Å². The Morgan fingerprint density at radius 2 is 2.10 bits per heavy atom. The molecule has 0 bridgehead atoms. The quantitative estimate of drug-likeness (QED) is 0.613. The van der Waals surface area contributed by atoms with Gasteiger partial charge in [0.05, 0.1) is 12.7 Å². The van der Waals surface area contributed by atoms with E-state index in [0.29, 0.717) is 25.1 Å². The summed E-state index contributed by atoms with van der Waals surface area (Å²) in [6, 6.07) is 13.6. The van der Waals surface area contributed by atoms with Gasteiger partial charge in [0.1, 0.15) is 17.6 Å². The topological polar surface area (TPSA) is 90.3 Å². The average molecular weight is 420 g/mol. The van der Waals surface area contributed by atoms with Crippen LogP contribution in [0.1, 0.15) is 44.2 Å². The minimum atomic E-state index is -0.0844. The van der Waals surface area contributed by atoms with Gasteiger partial charge in [0.15, 0.2) is 0 Å². The van der Waals surface area contributed by atoms with Crippen LogP contribution in [0.25, 0.3) is 0 Å². The Kier molecular flexibility index (Phi) is 7.27. The number of aromatic nitrogens is 1. The van der Waals surface area contributed by atoms with E-state index in [9.17, 15) is 4.79 Å². The monoisotopic (exact) mass is 419 g/mol. The highest BCUT2D eigenvalue weighted by Crippen LogP contribution is 2.48. The summed E-state index contributed by atoms with van der Waals surface area (Å²) in [5, 5.41) is 15.3. The lowest BCUT2D eigenvalue weighted by atomic mass is 10.0. The molecule has 0 saturated heterocycles. The van der Waals surface area contributed by atoms with Gasteiger partial charge in [0, 0.05) is 48.7 Å². The van der Waals surface area contributed by atoms with Gasteiger partial charge in [-0.15, -0.1) is 0 Å². The summed E-state index contributed by atoms with van der Waals surface area (Å²) in [6.07, 6.45) is 5.71. The number of rotatable bonds is 10. The van der Waals surface area contributed by atoms with E-state index in [2.05, 4.69) is 27.8 Å². The molecule has 0 unspecified atom stereocenters.